The Balaban J connectivity index is 1.28. The number of aryl methyl sites for hydroxylation is 1. The summed E-state index contributed by atoms with van der Waals surface area (Å²) in [6.07, 6.45) is 5.64. The lowest BCUT2D eigenvalue weighted by atomic mass is 10.1. The number of hydrogen-bond acceptors (Lipinski definition) is 5. The molecule has 0 radical (unpaired) electrons. The molecule has 0 aliphatic rings. The molecule has 0 bridgehead atoms. The van der Waals surface area contributed by atoms with Gasteiger partial charge in [-0.2, -0.15) is 0 Å². The van der Waals surface area contributed by atoms with Crippen molar-refractivity contribution in [3.63, 3.8) is 0 Å². The van der Waals surface area contributed by atoms with Crippen molar-refractivity contribution in [1.29, 1.82) is 0 Å². The van der Waals surface area contributed by atoms with E-state index in [9.17, 15) is 19.2 Å². The van der Waals surface area contributed by atoms with Gasteiger partial charge in [0.25, 0.3) is 17.7 Å². The minimum Gasteiger partial charge on any atom is -0.423 e. The molecular formula is C33H27N3O5. The first-order chi connectivity index (χ1) is 19.9. The van der Waals surface area contributed by atoms with Crippen molar-refractivity contribution < 1.29 is 23.9 Å². The Kier molecular flexibility index (Phi) is 9.55. The van der Waals surface area contributed by atoms with Crippen molar-refractivity contribution >= 4 is 41.5 Å². The molecule has 0 saturated carbocycles. The molecule has 0 fully saturated rings. The van der Waals surface area contributed by atoms with Crippen molar-refractivity contribution in [3.8, 4) is 5.75 Å². The fourth-order valence-corrected chi connectivity index (χ4v) is 3.67. The van der Waals surface area contributed by atoms with E-state index in [0.717, 1.165) is 11.1 Å². The van der Waals surface area contributed by atoms with E-state index < -0.39 is 17.8 Å². The van der Waals surface area contributed by atoms with Gasteiger partial charge in [0, 0.05) is 34.5 Å². The number of carbonyl (C=O) groups excluding carboxylic acids is 4. The Labute approximate surface area is 237 Å². The van der Waals surface area contributed by atoms with E-state index in [1.54, 1.807) is 60.7 Å². The number of anilines is 1. The van der Waals surface area contributed by atoms with E-state index in [2.05, 4.69) is 16.2 Å². The Morgan fingerprint density at radius 2 is 1.39 bits per heavy atom. The molecule has 0 spiro atoms. The Morgan fingerprint density at radius 1 is 0.659 bits per heavy atom. The van der Waals surface area contributed by atoms with Gasteiger partial charge in [-0.25, -0.2) is 4.79 Å². The van der Waals surface area contributed by atoms with Crippen LogP contribution >= 0.6 is 0 Å². The van der Waals surface area contributed by atoms with Gasteiger partial charge in [0.15, 0.2) is 0 Å². The van der Waals surface area contributed by atoms with Crippen LogP contribution in [0.3, 0.4) is 0 Å². The number of carbonyl (C=O) groups is 4. The van der Waals surface area contributed by atoms with E-state index in [1.165, 1.54) is 30.4 Å². The van der Waals surface area contributed by atoms with E-state index in [1.807, 2.05) is 43.3 Å². The molecule has 0 heterocycles. The first-order valence-electron chi connectivity index (χ1n) is 12.7. The van der Waals surface area contributed by atoms with Gasteiger partial charge < -0.3 is 10.1 Å². The predicted octanol–water partition coefficient (Wildman–Crippen LogP) is 5.34. The minimum atomic E-state index is -0.592. The highest BCUT2D eigenvalue weighted by Crippen LogP contribution is 2.20. The molecule has 3 amide bonds. The maximum Gasteiger partial charge on any atom is 0.336 e. The summed E-state index contributed by atoms with van der Waals surface area (Å²) in [6.45, 7) is 1.90. The summed E-state index contributed by atoms with van der Waals surface area (Å²) >= 11 is 0. The number of benzene rings is 4. The number of esters is 1. The third-order valence-electron chi connectivity index (χ3n) is 5.74. The summed E-state index contributed by atoms with van der Waals surface area (Å²) in [5.41, 5.74) is 8.31. The molecule has 0 aromatic heterocycles. The van der Waals surface area contributed by atoms with Crippen molar-refractivity contribution in [2.45, 2.75) is 6.92 Å². The average Bonchev–Trinajstić information content (AvgIpc) is 2.99. The smallest absolute Gasteiger partial charge is 0.336 e. The molecule has 0 aliphatic carbocycles. The van der Waals surface area contributed by atoms with Crippen LogP contribution in [0.2, 0.25) is 0 Å². The highest BCUT2D eigenvalue weighted by atomic mass is 16.5. The molecule has 0 aliphatic heterocycles. The number of nitrogens with one attached hydrogen (secondary N) is 3. The Hall–Kier alpha value is -5.76. The zero-order chi connectivity index (χ0) is 29.0. The van der Waals surface area contributed by atoms with Crippen LogP contribution in [0.4, 0.5) is 5.69 Å². The van der Waals surface area contributed by atoms with Crippen LogP contribution in [0.15, 0.2) is 115 Å². The molecule has 4 aromatic carbocycles. The van der Waals surface area contributed by atoms with Crippen LogP contribution in [-0.2, 0) is 9.59 Å². The summed E-state index contributed by atoms with van der Waals surface area (Å²) < 4.78 is 5.41. The minimum absolute atomic E-state index is 0.259. The number of hydrogen-bond donors (Lipinski definition) is 3. The maximum absolute atomic E-state index is 12.5. The van der Waals surface area contributed by atoms with Gasteiger partial charge in [-0.1, -0.05) is 66.2 Å². The molecule has 0 unspecified atom stereocenters. The van der Waals surface area contributed by atoms with Crippen LogP contribution in [0.1, 0.15) is 37.4 Å². The van der Waals surface area contributed by atoms with Gasteiger partial charge in [-0.05, 0) is 67.1 Å². The highest BCUT2D eigenvalue weighted by Gasteiger charge is 2.10. The van der Waals surface area contributed by atoms with Crippen molar-refractivity contribution in [2.75, 3.05) is 5.32 Å². The largest absolute Gasteiger partial charge is 0.423 e. The van der Waals surface area contributed by atoms with Crippen LogP contribution in [0.25, 0.3) is 12.2 Å². The monoisotopic (exact) mass is 545 g/mol. The molecule has 0 atom stereocenters. The second-order valence-corrected chi connectivity index (χ2v) is 8.88. The van der Waals surface area contributed by atoms with Crippen molar-refractivity contribution in [1.82, 2.24) is 10.9 Å². The molecule has 41 heavy (non-hydrogen) atoms. The highest BCUT2D eigenvalue weighted by molar-refractivity contribution is 6.05. The Bertz CT molecular complexity index is 1610. The number of para-hydroxylation sites is 1. The second kappa shape index (κ2) is 13.9. The van der Waals surface area contributed by atoms with Gasteiger partial charge in [-0.15, -0.1) is 0 Å². The normalized spacial score (nSPS) is 10.8. The van der Waals surface area contributed by atoms with Gasteiger partial charge >= 0.3 is 5.97 Å². The number of rotatable bonds is 8. The molecule has 0 saturated heterocycles. The molecule has 204 valence electrons. The summed E-state index contributed by atoms with van der Waals surface area (Å²) in [7, 11) is 0. The number of amides is 3. The molecule has 4 rings (SSSR count). The summed E-state index contributed by atoms with van der Waals surface area (Å²) in [6, 6.07) is 29.5. The Morgan fingerprint density at radius 3 is 2.15 bits per heavy atom. The average molecular weight is 546 g/mol. The molecule has 3 N–H and O–H groups in total. The zero-order valence-electron chi connectivity index (χ0n) is 22.2. The van der Waals surface area contributed by atoms with Crippen LogP contribution < -0.4 is 20.9 Å². The van der Waals surface area contributed by atoms with Crippen LogP contribution in [-0.4, -0.2) is 23.7 Å². The zero-order valence-corrected chi connectivity index (χ0v) is 22.2. The molecule has 4 aromatic rings. The quantitative estimate of drug-likeness (QED) is 0.120. The van der Waals surface area contributed by atoms with E-state index in [0.29, 0.717) is 16.8 Å². The van der Waals surface area contributed by atoms with E-state index >= 15 is 0 Å². The molecule has 8 nitrogen and oxygen atoms in total. The second-order valence-electron chi connectivity index (χ2n) is 8.88. The van der Waals surface area contributed by atoms with Gasteiger partial charge in [0.2, 0.25) is 0 Å². The third-order valence-corrected chi connectivity index (χ3v) is 5.74. The standard InChI is InChI=1S/C33H27N3O5/c1-23-8-7-12-27(22-23)32(39)34-28-18-15-26(16-19-28)33(40)36-35-30(37)20-17-25-11-5-6-13-29(25)41-31(38)21-14-24-9-3-2-4-10-24/h2-22H,1H3,(H,34,39)(H,35,37)(H,36,40)/b20-17+,21-14+. The maximum atomic E-state index is 12.5. The topological polar surface area (TPSA) is 114 Å². The first-order valence-corrected chi connectivity index (χ1v) is 12.7. The fourth-order valence-electron chi connectivity index (χ4n) is 3.67. The van der Waals surface area contributed by atoms with Crippen LogP contribution in [0.5, 0.6) is 5.75 Å². The number of ether oxygens (including phenoxy) is 1. The summed E-state index contributed by atoms with van der Waals surface area (Å²) in [5, 5.41) is 2.78. The van der Waals surface area contributed by atoms with E-state index in [-0.39, 0.29) is 17.2 Å². The fraction of sp³-hybridized carbons (Fsp3) is 0.0303. The summed E-state index contributed by atoms with van der Waals surface area (Å²) in [4.78, 5) is 49.4. The lowest BCUT2D eigenvalue weighted by Gasteiger charge is -2.08. The van der Waals surface area contributed by atoms with Crippen LogP contribution in [0, 0.1) is 6.92 Å². The lowest BCUT2D eigenvalue weighted by molar-refractivity contribution is -0.128. The van der Waals surface area contributed by atoms with Gasteiger partial charge in [-0.3, -0.25) is 25.2 Å². The lowest BCUT2D eigenvalue weighted by Crippen LogP contribution is -2.40. The predicted molar refractivity (Wildman–Crippen MR) is 158 cm³/mol. The van der Waals surface area contributed by atoms with E-state index in [4.69, 9.17) is 4.74 Å². The summed E-state index contributed by atoms with van der Waals surface area (Å²) in [5.74, 6) is -1.68. The van der Waals surface area contributed by atoms with Gasteiger partial charge in [0.05, 0.1) is 0 Å². The molecular weight excluding hydrogens is 518 g/mol. The molecule has 8 heteroatoms. The van der Waals surface area contributed by atoms with Crippen molar-refractivity contribution in [3.05, 3.63) is 143 Å². The number of hydrazine groups is 1. The van der Waals surface area contributed by atoms with Gasteiger partial charge in [0.1, 0.15) is 5.75 Å². The third kappa shape index (κ3) is 8.62. The first kappa shape index (κ1) is 28.3. The van der Waals surface area contributed by atoms with Crippen molar-refractivity contribution in [2.24, 2.45) is 0 Å². The SMILES string of the molecule is Cc1cccc(C(=O)Nc2ccc(C(=O)NNC(=O)/C=C/c3ccccc3OC(=O)/C=C/c3ccccc3)cc2)c1.